The van der Waals surface area contributed by atoms with Crippen molar-refractivity contribution < 1.29 is 9.47 Å². The van der Waals surface area contributed by atoms with E-state index in [9.17, 15) is 9.59 Å². The fourth-order valence-corrected chi connectivity index (χ4v) is 3.06. The summed E-state index contributed by atoms with van der Waals surface area (Å²) >= 11 is 5.97. The van der Waals surface area contributed by atoms with Crippen LogP contribution in [0.1, 0.15) is 5.56 Å². The Bertz CT molecular complexity index is 1090. The Labute approximate surface area is 153 Å². The van der Waals surface area contributed by atoms with E-state index in [1.165, 1.54) is 9.13 Å². The van der Waals surface area contributed by atoms with Crippen LogP contribution in [0.3, 0.4) is 0 Å². The lowest BCUT2D eigenvalue weighted by Crippen LogP contribution is -2.40. The zero-order chi connectivity index (χ0) is 18.1. The van der Waals surface area contributed by atoms with Gasteiger partial charge in [0.05, 0.1) is 12.2 Å². The number of hydrogen-bond acceptors (Lipinski definition) is 4. The molecule has 6 nitrogen and oxygen atoms in total. The standard InChI is InChI=1S/C19H15ClN2O4/c20-14-3-1-2-13(10-14)12-21-6-7-22(19(24)18(21)23)15-4-5-16-17(11-15)26-9-8-25-16/h1-7,10-11H,8-9,12H2. The number of benzene rings is 2. The van der Waals surface area contributed by atoms with E-state index in [-0.39, 0.29) is 6.54 Å². The average Bonchev–Trinajstić information content (AvgIpc) is 2.65. The Morgan fingerprint density at radius 3 is 2.54 bits per heavy atom. The number of halogens is 1. The molecule has 1 aromatic heterocycles. The second-order valence-corrected chi connectivity index (χ2v) is 6.30. The number of fused-ring (bicyclic) bond motifs is 1. The molecular weight excluding hydrogens is 356 g/mol. The maximum atomic E-state index is 12.5. The molecule has 1 aliphatic heterocycles. The third kappa shape index (κ3) is 3.11. The SMILES string of the molecule is O=c1c(=O)n(-c2ccc3c(c2)OCCO3)ccn1Cc1cccc(Cl)c1. The first-order valence-corrected chi connectivity index (χ1v) is 8.46. The van der Waals surface area contributed by atoms with Crippen molar-refractivity contribution in [1.82, 2.24) is 9.13 Å². The molecule has 0 fully saturated rings. The Balaban J connectivity index is 1.70. The molecule has 0 aliphatic carbocycles. The zero-order valence-corrected chi connectivity index (χ0v) is 14.5. The summed E-state index contributed by atoms with van der Waals surface area (Å²) < 4.78 is 13.7. The van der Waals surface area contributed by atoms with E-state index in [1.807, 2.05) is 6.07 Å². The van der Waals surface area contributed by atoms with Gasteiger partial charge in [-0.15, -0.1) is 0 Å². The van der Waals surface area contributed by atoms with Gasteiger partial charge in [-0.3, -0.25) is 14.2 Å². The van der Waals surface area contributed by atoms with Crippen LogP contribution in [0.4, 0.5) is 0 Å². The van der Waals surface area contributed by atoms with E-state index < -0.39 is 11.1 Å². The zero-order valence-electron chi connectivity index (χ0n) is 13.7. The van der Waals surface area contributed by atoms with Crippen molar-refractivity contribution in [2.45, 2.75) is 6.54 Å². The predicted octanol–water partition coefficient (Wildman–Crippen LogP) is 2.47. The summed E-state index contributed by atoms with van der Waals surface area (Å²) in [7, 11) is 0. The summed E-state index contributed by atoms with van der Waals surface area (Å²) in [5.41, 5.74) is 0.149. The lowest BCUT2D eigenvalue weighted by Gasteiger charge is -2.19. The van der Waals surface area contributed by atoms with E-state index in [1.54, 1.807) is 48.8 Å². The molecule has 0 atom stereocenters. The molecule has 2 heterocycles. The minimum Gasteiger partial charge on any atom is -0.486 e. The lowest BCUT2D eigenvalue weighted by atomic mass is 10.2. The maximum absolute atomic E-state index is 12.5. The minimum absolute atomic E-state index is 0.274. The molecule has 0 saturated carbocycles. The molecule has 4 rings (SSSR count). The number of hydrogen-bond donors (Lipinski definition) is 0. The molecule has 3 aromatic rings. The molecule has 0 unspecified atom stereocenters. The van der Waals surface area contributed by atoms with Gasteiger partial charge in [0.15, 0.2) is 11.5 Å². The van der Waals surface area contributed by atoms with Gasteiger partial charge in [0.2, 0.25) is 0 Å². The van der Waals surface area contributed by atoms with Crippen LogP contribution in [0.5, 0.6) is 11.5 Å². The van der Waals surface area contributed by atoms with Crippen molar-refractivity contribution in [2.75, 3.05) is 13.2 Å². The van der Waals surface area contributed by atoms with Crippen molar-refractivity contribution in [3.63, 3.8) is 0 Å². The van der Waals surface area contributed by atoms with Crippen molar-refractivity contribution in [3.8, 4) is 17.2 Å². The Morgan fingerprint density at radius 2 is 1.73 bits per heavy atom. The van der Waals surface area contributed by atoms with Crippen LogP contribution in [0, 0.1) is 0 Å². The van der Waals surface area contributed by atoms with Gasteiger partial charge >= 0.3 is 11.1 Å². The van der Waals surface area contributed by atoms with Crippen molar-refractivity contribution in [2.24, 2.45) is 0 Å². The summed E-state index contributed by atoms with van der Waals surface area (Å²) in [5.74, 6) is 1.19. The van der Waals surface area contributed by atoms with Crippen molar-refractivity contribution in [3.05, 3.63) is 86.2 Å². The highest BCUT2D eigenvalue weighted by molar-refractivity contribution is 6.30. The highest BCUT2D eigenvalue weighted by Crippen LogP contribution is 2.31. The molecule has 0 saturated heterocycles. The second-order valence-electron chi connectivity index (χ2n) is 5.86. The Kier molecular flexibility index (Phi) is 4.26. The van der Waals surface area contributed by atoms with Gasteiger partial charge in [-0.1, -0.05) is 23.7 Å². The number of rotatable bonds is 3. The van der Waals surface area contributed by atoms with Crippen LogP contribution in [0.2, 0.25) is 5.02 Å². The largest absolute Gasteiger partial charge is 0.486 e. The van der Waals surface area contributed by atoms with E-state index in [2.05, 4.69) is 0 Å². The average molecular weight is 371 g/mol. The Hall–Kier alpha value is -2.99. The summed E-state index contributed by atoms with van der Waals surface area (Å²) in [6.45, 7) is 1.22. The maximum Gasteiger partial charge on any atom is 0.320 e. The van der Waals surface area contributed by atoms with Gasteiger partial charge in [-0.25, -0.2) is 0 Å². The van der Waals surface area contributed by atoms with Crippen molar-refractivity contribution >= 4 is 11.6 Å². The number of aromatic nitrogens is 2. The van der Waals surface area contributed by atoms with Gasteiger partial charge in [-0.2, -0.15) is 0 Å². The van der Waals surface area contributed by atoms with E-state index >= 15 is 0 Å². The molecule has 1 aliphatic rings. The minimum atomic E-state index is -0.633. The third-order valence-electron chi connectivity index (χ3n) is 4.10. The van der Waals surface area contributed by atoms with Gasteiger partial charge in [0, 0.05) is 23.5 Å². The predicted molar refractivity (Wildman–Crippen MR) is 97.8 cm³/mol. The highest BCUT2D eigenvalue weighted by atomic mass is 35.5. The smallest absolute Gasteiger partial charge is 0.320 e. The molecule has 0 radical (unpaired) electrons. The van der Waals surface area contributed by atoms with Crippen LogP contribution in [-0.2, 0) is 6.54 Å². The van der Waals surface area contributed by atoms with E-state index in [0.29, 0.717) is 35.4 Å². The first-order chi connectivity index (χ1) is 12.6. The molecular formula is C19H15ClN2O4. The topological polar surface area (TPSA) is 62.5 Å². The third-order valence-corrected chi connectivity index (χ3v) is 4.34. The van der Waals surface area contributed by atoms with E-state index in [0.717, 1.165) is 5.56 Å². The fourth-order valence-electron chi connectivity index (χ4n) is 2.85. The van der Waals surface area contributed by atoms with E-state index in [4.69, 9.17) is 21.1 Å². The number of ether oxygens (including phenoxy) is 2. The van der Waals surface area contributed by atoms with Gasteiger partial charge < -0.3 is 14.0 Å². The van der Waals surface area contributed by atoms with Crippen LogP contribution in [0.25, 0.3) is 5.69 Å². The van der Waals surface area contributed by atoms with Crippen LogP contribution in [-0.4, -0.2) is 22.3 Å². The van der Waals surface area contributed by atoms with Gasteiger partial charge in [-0.05, 0) is 29.8 Å². The second kappa shape index (κ2) is 6.72. The molecule has 7 heteroatoms. The highest BCUT2D eigenvalue weighted by Gasteiger charge is 2.14. The number of nitrogens with zero attached hydrogens (tertiary/aromatic N) is 2. The van der Waals surface area contributed by atoms with Crippen LogP contribution in [0.15, 0.2) is 64.4 Å². The monoisotopic (exact) mass is 370 g/mol. The molecule has 26 heavy (non-hydrogen) atoms. The lowest BCUT2D eigenvalue weighted by molar-refractivity contribution is 0.171. The molecule has 0 N–H and O–H groups in total. The first kappa shape index (κ1) is 16.5. The molecule has 0 spiro atoms. The fraction of sp³-hybridized carbons (Fsp3) is 0.158. The normalized spacial score (nSPS) is 12.8. The summed E-state index contributed by atoms with van der Waals surface area (Å²) in [5, 5.41) is 0.583. The first-order valence-electron chi connectivity index (χ1n) is 8.08. The van der Waals surface area contributed by atoms with Crippen molar-refractivity contribution in [1.29, 1.82) is 0 Å². The van der Waals surface area contributed by atoms with Crippen LogP contribution < -0.4 is 20.6 Å². The summed E-state index contributed by atoms with van der Waals surface area (Å²) in [4.78, 5) is 25.0. The Morgan fingerprint density at radius 1 is 0.923 bits per heavy atom. The summed E-state index contributed by atoms with van der Waals surface area (Å²) in [6.07, 6.45) is 3.15. The van der Waals surface area contributed by atoms with Crippen LogP contribution >= 0.6 is 11.6 Å². The quantitative estimate of drug-likeness (QED) is 0.664. The molecule has 0 bridgehead atoms. The molecule has 0 amide bonds. The van der Waals surface area contributed by atoms with Gasteiger partial charge in [0.1, 0.15) is 13.2 Å². The van der Waals surface area contributed by atoms with Gasteiger partial charge in [0.25, 0.3) is 0 Å². The molecule has 132 valence electrons. The summed E-state index contributed by atoms with van der Waals surface area (Å²) in [6, 6.07) is 12.3. The molecule has 2 aromatic carbocycles.